The Kier molecular flexibility index (Phi) is 7.02. The van der Waals surface area contributed by atoms with E-state index in [2.05, 4.69) is 16.5 Å². The number of carbonyl (C=O) groups is 1. The van der Waals surface area contributed by atoms with Crippen LogP contribution < -0.4 is 9.46 Å². The van der Waals surface area contributed by atoms with E-state index in [1.807, 2.05) is 4.90 Å². The van der Waals surface area contributed by atoms with Crippen LogP contribution in [0, 0.1) is 13.8 Å². The Balaban J connectivity index is 1.94. The Hall–Kier alpha value is -1.64. The van der Waals surface area contributed by atoms with E-state index in [9.17, 15) is 13.2 Å². The van der Waals surface area contributed by atoms with Crippen molar-refractivity contribution in [2.45, 2.75) is 32.1 Å². The number of likely N-dealkylation sites (N-methyl/N-ethyl adjacent to an activating group) is 1. The number of nitrogens with one attached hydrogen (secondary N) is 1. The average Bonchev–Trinajstić information content (AvgIpc) is 2.60. The van der Waals surface area contributed by atoms with E-state index in [1.54, 1.807) is 33.1 Å². The van der Waals surface area contributed by atoms with E-state index in [0.29, 0.717) is 30.0 Å². The minimum absolute atomic E-state index is 0.00775. The Morgan fingerprint density at radius 1 is 1.15 bits per heavy atom. The highest BCUT2D eigenvalue weighted by Gasteiger charge is 2.23. The normalized spacial score (nSPS) is 15.9. The zero-order valence-electron chi connectivity index (χ0n) is 16.0. The Labute approximate surface area is 156 Å². The van der Waals surface area contributed by atoms with Gasteiger partial charge in [0.1, 0.15) is 5.75 Å². The molecule has 0 radical (unpaired) electrons. The molecule has 0 bridgehead atoms. The maximum Gasteiger partial charge on any atom is 0.241 e. The molecule has 1 aromatic rings. The zero-order chi connectivity index (χ0) is 19.3. The highest BCUT2D eigenvalue weighted by molar-refractivity contribution is 7.89. The van der Waals surface area contributed by atoms with Gasteiger partial charge >= 0.3 is 0 Å². The van der Waals surface area contributed by atoms with Gasteiger partial charge in [-0.3, -0.25) is 4.79 Å². The summed E-state index contributed by atoms with van der Waals surface area (Å²) in [6, 6.07) is 3.39. The molecule has 8 heteroatoms. The van der Waals surface area contributed by atoms with E-state index in [-0.39, 0.29) is 23.8 Å². The van der Waals surface area contributed by atoms with Crippen molar-refractivity contribution in [3.63, 3.8) is 0 Å². The summed E-state index contributed by atoms with van der Waals surface area (Å²) >= 11 is 0. The van der Waals surface area contributed by atoms with Crippen molar-refractivity contribution in [2.24, 2.45) is 0 Å². The molecule has 0 spiro atoms. The van der Waals surface area contributed by atoms with Gasteiger partial charge in [-0.2, -0.15) is 0 Å². The number of piperazine rings is 1. The van der Waals surface area contributed by atoms with Crippen LogP contribution in [0.5, 0.6) is 5.75 Å². The first-order chi connectivity index (χ1) is 12.3. The lowest BCUT2D eigenvalue weighted by Crippen LogP contribution is -2.49. The van der Waals surface area contributed by atoms with Crippen molar-refractivity contribution in [3.05, 3.63) is 23.3 Å². The fourth-order valence-electron chi connectivity index (χ4n) is 3.29. The first-order valence-electron chi connectivity index (χ1n) is 8.93. The molecule has 1 amide bonds. The predicted molar refractivity (Wildman–Crippen MR) is 101 cm³/mol. The summed E-state index contributed by atoms with van der Waals surface area (Å²) < 4.78 is 33.0. The number of sulfonamides is 1. The molecule has 1 aromatic carbocycles. The molecule has 1 aliphatic rings. The summed E-state index contributed by atoms with van der Waals surface area (Å²) in [6.07, 6.45) is 0.166. The third-order valence-corrected chi connectivity index (χ3v) is 6.51. The topological polar surface area (TPSA) is 79.0 Å². The van der Waals surface area contributed by atoms with E-state index < -0.39 is 10.0 Å². The second kappa shape index (κ2) is 8.83. The van der Waals surface area contributed by atoms with Gasteiger partial charge in [0.25, 0.3) is 0 Å². The van der Waals surface area contributed by atoms with Crippen LogP contribution in [-0.4, -0.2) is 70.5 Å². The Morgan fingerprint density at radius 2 is 1.73 bits per heavy atom. The molecule has 26 heavy (non-hydrogen) atoms. The van der Waals surface area contributed by atoms with Crippen LogP contribution in [0.3, 0.4) is 0 Å². The second-order valence-electron chi connectivity index (χ2n) is 6.55. The summed E-state index contributed by atoms with van der Waals surface area (Å²) in [5.41, 5.74) is 1.24. The van der Waals surface area contributed by atoms with Crippen LogP contribution in [0.4, 0.5) is 0 Å². The number of benzene rings is 1. The van der Waals surface area contributed by atoms with Crippen molar-refractivity contribution in [1.82, 2.24) is 14.5 Å². The number of methoxy groups -OCH3 is 1. The van der Waals surface area contributed by atoms with Crippen molar-refractivity contribution in [3.8, 4) is 5.75 Å². The smallest absolute Gasteiger partial charge is 0.241 e. The highest BCUT2D eigenvalue weighted by atomic mass is 32.2. The molecule has 1 aliphatic heterocycles. The first-order valence-corrected chi connectivity index (χ1v) is 10.4. The summed E-state index contributed by atoms with van der Waals surface area (Å²) in [7, 11) is -2.12. The minimum atomic E-state index is -3.67. The van der Waals surface area contributed by atoms with Crippen LogP contribution in [0.2, 0.25) is 0 Å². The summed E-state index contributed by atoms with van der Waals surface area (Å²) in [6.45, 7) is 9.82. The van der Waals surface area contributed by atoms with Gasteiger partial charge in [-0.1, -0.05) is 6.92 Å². The van der Waals surface area contributed by atoms with Gasteiger partial charge in [0.15, 0.2) is 0 Å². The number of nitrogens with zero attached hydrogens (tertiary/aromatic N) is 2. The monoisotopic (exact) mass is 383 g/mol. The minimum Gasteiger partial charge on any atom is -0.497 e. The molecule has 1 heterocycles. The summed E-state index contributed by atoms with van der Waals surface area (Å²) in [4.78, 5) is 16.6. The lowest BCUT2D eigenvalue weighted by molar-refractivity contribution is -0.132. The third-order valence-electron chi connectivity index (χ3n) is 4.74. The lowest BCUT2D eigenvalue weighted by Gasteiger charge is -2.34. The highest BCUT2D eigenvalue weighted by Crippen LogP contribution is 2.25. The summed E-state index contributed by atoms with van der Waals surface area (Å²) in [5, 5.41) is 0. The van der Waals surface area contributed by atoms with Crippen molar-refractivity contribution in [1.29, 1.82) is 0 Å². The number of hydrogen-bond donors (Lipinski definition) is 1. The standard InChI is InChI=1S/C18H29N3O4S/c1-5-20-8-10-21(11-9-20)17(22)6-7-19-26(23,24)18-14(2)12-16(25-4)13-15(18)3/h12-13,19H,5-11H2,1-4H3. The number of rotatable bonds is 7. The molecule has 0 aromatic heterocycles. The number of ether oxygens (including phenoxy) is 1. The SMILES string of the molecule is CCN1CCN(C(=O)CCNS(=O)(=O)c2c(C)cc(OC)cc2C)CC1. The zero-order valence-corrected chi connectivity index (χ0v) is 16.9. The number of aryl methyl sites for hydroxylation is 2. The molecular weight excluding hydrogens is 354 g/mol. The fraction of sp³-hybridized carbons (Fsp3) is 0.611. The maximum atomic E-state index is 12.6. The predicted octanol–water partition coefficient (Wildman–Crippen LogP) is 1.14. The molecule has 0 unspecified atom stereocenters. The molecule has 0 saturated carbocycles. The van der Waals surface area contributed by atoms with E-state index in [0.717, 1.165) is 19.6 Å². The molecule has 7 nitrogen and oxygen atoms in total. The van der Waals surface area contributed by atoms with Gasteiger partial charge < -0.3 is 14.5 Å². The Morgan fingerprint density at radius 3 is 2.23 bits per heavy atom. The Bertz CT molecular complexity index is 718. The van der Waals surface area contributed by atoms with Gasteiger partial charge in [0.2, 0.25) is 15.9 Å². The lowest BCUT2D eigenvalue weighted by atomic mass is 10.1. The number of amides is 1. The van der Waals surface area contributed by atoms with Gasteiger partial charge in [-0.25, -0.2) is 13.1 Å². The first kappa shape index (κ1) is 20.7. The van der Waals surface area contributed by atoms with Crippen LogP contribution in [-0.2, 0) is 14.8 Å². The van der Waals surface area contributed by atoms with Gasteiger partial charge in [-0.05, 0) is 43.7 Å². The molecule has 1 N–H and O–H groups in total. The fourth-order valence-corrected chi connectivity index (χ4v) is 4.77. The largest absolute Gasteiger partial charge is 0.497 e. The second-order valence-corrected chi connectivity index (χ2v) is 8.26. The van der Waals surface area contributed by atoms with E-state index in [4.69, 9.17) is 4.74 Å². The van der Waals surface area contributed by atoms with Gasteiger partial charge in [0.05, 0.1) is 12.0 Å². The molecule has 1 saturated heterocycles. The molecule has 2 rings (SSSR count). The number of carbonyl (C=O) groups excluding carboxylic acids is 1. The van der Waals surface area contributed by atoms with E-state index in [1.165, 1.54) is 0 Å². The molecule has 0 aliphatic carbocycles. The van der Waals surface area contributed by atoms with Crippen molar-refractivity contribution < 1.29 is 17.9 Å². The van der Waals surface area contributed by atoms with Crippen LogP contribution in [0.15, 0.2) is 17.0 Å². The number of hydrogen-bond acceptors (Lipinski definition) is 5. The van der Waals surface area contributed by atoms with Crippen molar-refractivity contribution >= 4 is 15.9 Å². The van der Waals surface area contributed by atoms with Crippen LogP contribution in [0.25, 0.3) is 0 Å². The summed E-state index contributed by atoms with van der Waals surface area (Å²) in [5.74, 6) is 0.618. The van der Waals surface area contributed by atoms with Gasteiger partial charge in [-0.15, -0.1) is 0 Å². The van der Waals surface area contributed by atoms with Gasteiger partial charge in [0, 0.05) is 39.1 Å². The maximum absolute atomic E-state index is 12.6. The van der Waals surface area contributed by atoms with Crippen LogP contribution in [0.1, 0.15) is 24.5 Å². The molecule has 1 fully saturated rings. The van der Waals surface area contributed by atoms with E-state index >= 15 is 0 Å². The average molecular weight is 384 g/mol. The quantitative estimate of drug-likeness (QED) is 0.764. The third kappa shape index (κ3) is 4.96. The van der Waals surface area contributed by atoms with Crippen LogP contribution >= 0.6 is 0 Å². The van der Waals surface area contributed by atoms with Crippen molar-refractivity contribution in [2.75, 3.05) is 46.4 Å². The molecule has 146 valence electrons. The molecular formula is C18H29N3O4S. The molecule has 0 atom stereocenters.